The van der Waals surface area contributed by atoms with Gasteiger partial charge in [-0.25, -0.2) is 18.1 Å². The van der Waals surface area contributed by atoms with Crippen molar-refractivity contribution in [3.63, 3.8) is 0 Å². The topological polar surface area (TPSA) is 120 Å². The Morgan fingerprint density at radius 2 is 1.57 bits per heavy atom. The zero-order valence-corrected chi connectivity index (χ0v) is 21.2. The van der Waals surface area contributed by atoms with Gasteiger partial charge in [0.1, 0.15) is 6.33 Å². The largest absolute Gasteiger partial charge is 0.416 e. The Balaban J connectivity index is 1.65. The highest BCUT2D eigenvalue weighted by Crippen LogP contribution is 2.38. The van der Waals surface area contributed by atoms with E-state index < -0.39 is 50.8 Å². The van der Waals surface area contributed by atoms with Crippen LogP contribution in [-0.2, 0) is 31.9 Å². The van der Waals surface area contributed by atoms with Crippen LogP contribution in [0, 0.1) is 0 Å². The number of carbonyl (C=O) groups is 1. The molecule has 1 fully saturated rings. The van der Waals surface area contributed by atoms with Gasteiger partial charge in [0.2, 0.25) is 10.0 Å². The third kappa shape index (κ3) is 6.51. The predicted octanol–water partition coefficient (Wildman–Crippen LogP) is 3.88. The normalized spacial score (nSPS) is 16.1. The molecule has 2 heterocycles. The summed E-state index contributed by atoms with van der Waals surface area (Å²) in [6, 6.07) is 6.15. The Morgan fingerprint density at radius 1 is 0.950 bits per heavy atom. The molecule has 1 amide bonds. The molecule has 3 aromatic rings. The maximum Gasteiger partial charge on any atom is 0.416 e. The molecule has 0 atom stereocenters. The first-order valence-electron chi connectivity index (χ1n) is 11.6. The molecule has 0 aliphatic carbocycles. The van der Waals surface area contributed by atoms with Crippen LogP contribution in [0.1, 0.15) is 23.1 Å². The van der Waals surface area contributed by atoms with E-state index in [1.807, 2.05) is 0 Å². The van der Waals surface area contributed by atoms with E-state index in [1.165, 1.54) is 28.6 Å². The van der Waals surface area contributed by atoms with Crippen LogP contribution in [-0.4, -0.2) is 59.7 Å². The number of hydrogen-bond donors (Lipinski definition) is 1. The van der Waals surface area contributed by atoms with Crippen molar-refractivity contribution < 1.29 is 44.3 Å². The Kier molecular flexibility index (Phi) is 8.05. The molecule has 0 saturated carbocycles. The van der Waals surface area contributed by atoms with Crippen LogP contribution in [0.5, 0.6) is 0 Å². The fourth-order valence-electron chi connectivity index (χ4n) is 3.89. The van der Waals surface area contributed by atoms with Crippen LogP contribution in [0.3, 0.4) is 0 Å². The zero-order valence-electron chi connectivity index (χ0n) is 20.4. The predicted molar refractivity (Wildman–Crippen MR) is 129 cm³/mol. The molecule has 2 aromatic carbocycles. The van der Waals surface area contributed by atoms with Gasteiger partial charge in [0, 0.05) is 31.5 Å². The first kappa shape index (κ1) is 29.2. The number of rotatable bonds is 6. The highest BCUT2D eigenvalue weighted by atomic mass is 32.2. The summed E-state index contributed by atoms with van der Waals surface area (Å²) in [7, 11) is -3.83. The van der Waals surface area contributed by atoms with Crippen LogP contribution < -0.4 is 5.73 Å². The molecule has 16 heteroatoms. The van der Waals surface area contributed by atoms with Crippen molar-refractivity contribution in [3.8, 4) is 11.4 Å². The number of nitrogens with two attached hydrogens (primary N) is 1. The third-order valence-corrected chi connectivity index (χ3v) is 7.78. The van der Waals surface area contributed by atoms with Crippen molar-refractivity contribution in [2.45, 2.75) is 23.7 Å². The van der Waals surface area contributed by atoms with Gasteiger partial charge < -0.3 is 10.5 Å². The minimum Gasteiger partial charge on any atom is -0.380 e. The van der Waals surface area contributed by atoms with Crippen LogP contribution in [0.4, 0.5) is 26.3 Å². The lowest BCUT2D eigenvalue weighted by Crippen LogP contribution is -2.33. The monoisotopic (exact) mass is 589 g/mol. The summed E-state index contributed by atoms with van der Waals surface area (Å²) >= 11 is 0. The number of aromatic nitrogens is 3. The summed E-state index contributed by atoms with van der Waals surface area (Å²) in [6.45, 7) is 1.16. The molecule has 0 spiro atoms. The van der Waals surface area contributed by atoms with E-state index in [0.29, 0.717) is 25.2 Å². The molecule has 2 N–H and O–H groups in total. The number of sulfonamides is 1. The molecule has 214 valence electrons. The van der Waals surface area contributed by atoms with E-state index in [9.17, 15) is 39.6 Å². The molecule has 9 nitrogen and oxygen atoms in total. The van der Waals surface area contributed by atoms with Crippen LogP contribution >= 0.6 is 0 Å². The number of nitrogens with zero attached hydrogens (tertiary/aromatic N) is 4. The van der Waals surface area contributed by atoms with Gasteiger partial charge in [-0.15, -0.1) is 5.10 Å². The lowest BCUT2D eigenvalue weighted by atomic mass is 10.0. The SMILES string of the molecule is NC(=O)/C(=C/n1cnc(-c2cc(C(F)(F)F)cc(C(F)(F)F)c2)n1)c1ccc(S(=O)(=O)N2CCCOCC2)cc1. The van der Waals surface area contributed by atoms with Crippen LogP contribution in [0.25, 0.3) is 23.2 Å². The maximum atomic E-state index is 13.2. The quantitative estimate of drug-likeness (QED) is 0.344. The molecule has 1 saturated heterocycles. The summed E-state index contributed by atoms with van der Waals surface area (Å²) in [5.74, 6) is -1.43. The second kappa shape index (κ2) is 11.0. The first-order valence-corrected chi connectivity index (χ1v) is 13.0. The summed E-state index contributed by atoms with van der Waals surface area (Å²) in [5, 5.41) is 3.87. The maximum absolute atomic E-state index is 13.2. The number of benzene rings is 2. The Morgan fingerprint density at radius 3 is 2.15 bits per heavy atom. The minimum absolute atomic E-state index is 0.0178. The lowest BCUT2D eigenvalue weighted by molar-refractivity contribution is -0.143. The number of ether oxygens (including phenoxy) is 1. The van der Waals surface area contributed by atoms with Gasteiger partial charge in [-0.3, -0.25) is 4.79 Å². The van der Waals surface area contributed by atoms with Crippen LogP contribution in [0.2, 0.25) is 0 Å². The van der Waals surface area contributed by atoms with E-state index in [-0.39, 0.29) is 41.8 Å². The van der Waals surface area contributed by atoms with Gasteiger partial charge in [-0.05, 0) is 42.3 Å². The minimum atomic E-state index is -5.06. The van der Waals surface area contributed by atoms with E-state index in [1.54, 1.807) is 0 Å². The van der Waals surface area contributed by atoms with Crippen molar-refractivity contribution in [1.29, 1.82) is 0 Å². The number of primary amides is 1. The first-order chi connectivity index (χ1) is 18.7. The van der Waals surface area contributed by atoms with Gasteiger partial charge in [0.25, 0.3) is 5.91 Å². The number of amides is 1. The molecule has 1 aliphatic rings. The Labute approximate surface area is 223 Å². The average Bonchev–Trinajstić information content (AvgIpc) is 3.17. The molecule has 0 unspecified atom stereocenters. The Hall–Kier alpha value is -3.76. The van der Waals surface area contributed by atoms with Gasteiger partial charge in [-0.2, -0.15) is 30.6 Å². The number of alkyl halides is 6. The number of hydrogen-bond acceptors (Lipinski definition) is 6. The van der Waals surface area contributed by atoms with E-state index in [4.69, 9.17) is 10.5 Å². The molecule has 4 rings (SSSR count). The second-order valence-corrected chi connectivity index (χ2v) is 10.6. The van der Waals surface area contributed by atoms with Crippen molar-refractivity contribution in [2.75, 3.05) is 26.3 Å². The summed E-state index contributed by atoms with van der Waals surface area (Å²) in [6.07, 6.45) is -7.56. The fourth-order valence-corrected chi connectivity index (χ4v) is 5.35. The second-order valence-electron chi connectivity index (χ2n) is 8.64. The molecule has 0 radical (unpaired) electrons. The fraction of sp³-hybridized carbons (Fsp3) is 0.292. The Bertz CT molecular complexity index is 1490. The van der Waals surface area contributed by atoms with Crippen molar-refractivity contribution in [3.05, 3.63) is 65.5 Å². The smallest absolute Gasteiger partial charge is 0.380 e. The van der Waals surface area contributed by atoms with Crippen LogP contribution in [0.15, 0.2) is 53.7 Å². The van der Waals surface area contributed by atoms with E-state index >= 15 is 0 Å². The number of carbonyl (C=O) groups excluding carboxylic acids is 1. The molecule has 0 bridgehead atoms. The summed E-state index contributed by atoms with van der Waals surface area (Å²) < 4.78 is 113. The van der Waals surface area contributed by atoms with E-state index in [0.717, 1.165) is 17.2 Å². The lowest BCUT2D eigenvalue weighted by Gasteiger charge is -2.19. The van der Waals surface area contributed by atoms with Gasteiger partial charge in [-0.1, -0.05) is 12.1 Å². The molecular weight excluding hydrogens is 568 g/mol. The number of halogens is 6. The molecule has 1 aliphatic heterocycles. The average molecular weight is 590 g/mol. The third-order valence-electron chi connectivity index (χ3n) is 5.87. The molecule has 1 aromatic heterocycles. The zero-order chi connectivity index (χ0) is 29.3. The highest BCUT2D eigenvalue weighted by Gasteiger charge is 2.37. The summed E-state index contributed by atoms with van der Waals surface area (Å²) in [4.78, 5) is 15.9. The van der Waals surface area contributed by atoms with E-state index in [2.05, 4.69) is 10.1 Å². The van der Waals surface area contributed by atoms with Gasteiger partial charge in [0.15, 0.2) is 5.82 Å². The standard InChI is InChI=1S/C24H21F6N5O4S/c25-23(26,27)17-10-16(11-18(12-17)24(28,29)30)22-32-14-34(33-22)13-20(21(31)36)15-2-4-19(5-3-15)40(37,38)35-6-1-8-39-9-7-35/h2-5,10-14H,1,6-9H2,(H2,31,36)/b20-13+. The molecule has 40 heavy (non-hydrogen) atoms. The van der Waals surface area contributed by atoms with Crippen molar-refractivity contribution in [1.82, 2.24) is 19.1 Å². The van der Waals surface area contributed by atoms with Gasteiger partial charge >= 0.3 is 12.4 Å². The highest BCUT2D eigenvalue weighted by molar-refractivity contribution is 7.89. The summed E-state index contributed by atoms with van der Waals surface area (Å²) in [5.41, 5.74) is 1.85. The van der Waals surface area contributed by atoms with Gasteiger partial charge in [0.05, 0.1) is 28.2 Å². The molecular formula is C24H21F6N5O4S. The van der Waals surface area contributed by atoms with Crippen molar-refractivity contribution >= 4 is 27.7 Å². The van der Waals surface area contributed by atoms with Crippen molar-refractivity contribution in [2.24, 2.45) is 5.73 Å².